The molecule has 294 valence electrons. The third kappa shape index (κ3) is 12.0. The molecule has 4 heterocycles. The van der Waals surface area contributed by atoms with Crippen LogP contribution in [0.1, 0.15) is 180 Å². The predicted molar refractivity (Wildman–Crippen MR) is 218 cm³/mol. The second-order valence-corrected chi connectivity index (χ2v) is 20.8. The summed E-state index contributed by atoms with van der Waals surface area (Å²) in [7, 11) is 0. The average Bonchev–Trinajstić information content (AvgIpc) is 2.92. The zero-order valence-electron chi connectivity index (χ0n) is 36.0. The summed E-state index contributed by atoms with van der Waals surface area (Å²) in [4.78, 5) is 24.4. The van der Waals surface area contributed by atoms with Gasteiger partial charge < -0.3 is 25.8 Å². The van der Waals surface area contributed by atoms with Crippen LogP contribution in [-0.2, 0) is 6.54 Å². The summed E-state index contributed by atoms with van der Waals surface area (Å²) in [6.45, 7) is 39.0. The highest BCUT2D eigenvalue weighted by molar-refractivity contribution is 5.42. The Morgan fingerprint density at radius 2 is 0.804 bits per heavy atom. The van der Waals surface area contributed by atoms with Crippen molar-refractivity contribution in [1.82, 2.24) is 35.8 Å². The van der Waals surface area contributed by atoms with Gasteiger partial charge in [0.15, 0.2) is 0 Å². The molecular formula is C42H81N9. The van der Waals surface area contributed by atoms with E-state index in [1.165, 1.54) is 0 Å². The molecule has 3 N–H and O–H groups in total. The third-order valence-corrected chi connectivity index (χ3v) is 11.4. The highest BCUT2D eigenvalue weighted by Crippen LogP contribution is 2.37. The molecule has 0 atom stereocenters. The number of hydrogen-bond acceptors (Lipinski definition) is 9. The molecule has 51 heavy (non-hydrogen) atoms. The van der Waals surface area contributed by atoms with Gasteiger partial charge in [-0.2, -0.15) is 15.0 Å². The maximum absolute atomic E-state index is 5.55. The van der Waals surface area contributed by atoms with Gasteiger partial charge in [0.1, 0.15) is 5.82 Å². The maximum Gasteiger partial charge on any atom is 0.230 e. The Morgan fingerprint density at radius 3 is 1.12 bits per heavy atom. The van der Waals surface area contributed by atoms with Crippen molar-refractivity contribution in [2.24, 2.45) is 0 Å². The van der Waals surface area contributed by atoms with Crippen LogP contribution in [0, 0.1) is 0 Å². The first-order valence-corrected chi connectivity index (χ1v) is 20.9. The fraction of sp³-hybridized carbons (Fsp3) is 0.929. The third-order valence-electron chi connectivity index (χ3n) is 11.4. The van der Waals surface area contributed by atoms with Crippen LogP contribution in [0.3, 0.4) is 0 Å². The van der Waals surface area contributed by atoms with E-state index in [0.717, 1.165) is 115 Å². The van der Waals surface area contributed by atoms with E-state index in [0.29, 0.717) is 18.1 Å². The number of piperidine rings is 3. The van der Waals surface area contributed by atoms with Gasteiger partial charge in [-0.15, -0.1) is 0 Å². The van der Waals surface area contributed by atoms with Crippen molar-refractivity contribution in [1.29, 1.82) is 0 Å². The Bertz CT molecular complexity index is 1150. The maximum atomic E-state index is 5.55. The number of anilines is 2. The lowest BCUT2D eigenvalue weighted by molar-refractivity contribution is 0.0597. The van der Waals surface area contributed by atoms with Crippen molar-refractivity contribution >= 4 is 11.9 Å². The van der Waals surface area contributed by atoms with Crippen LogP contribution in [0.4, 0.5) is 11.9 Å². The molecule has 0 spiro atoms. The lowest BCUT2D eigenvalue weighted by Gasteiger charge is -2.50. The van der Waals surface area contributed by atoms with Crippen molar-refractivity contribution in [3.05, 3.63) is 5.82 Å². The highest BCUT2D eigenvalue weighted by atomic mass is 15.4. The van der Waals surface area contributed by atoms with Crippen LogP contribution >= 0.6 is 0 Å². The van der Waals surface area contributed by atoms with Gasteiger partial charge in [0.05, 0.1) is 6.54 Å². The van der Waals surface area contributed by atoms with E-state index in [-0.39, 0.29) is 33.2 Å². The van der Waals surface area contributed by atoms with Gasteiger partial charge in [0, 0.05) is 64.4 Å². The fourth-order valence-corrected chi connectivity index (χ4v) is 10.6. The summed E-state index contributed by atoms with van der Waals surface area (Å²) in [6.07, 6.45) is 12.1. The SMILES string of the molecule is CCCCN(c1nc(CN(CCC)C2CC(C)(C)NC(C)(C)C2)nc(N(CCCC)C2CC(C)(C)NC(C)(C)C2)n1)C1CC(C)(C)NC(C)(C)C1. The minimum atomic E-state index is 0.0293. The van der Waals surface area contributed by atoms with Gasteiger partial charge in [-0.05, 0) is 147 Å². The van der Waals surface area contributed by atoms with E-state index in [1.54, 1.807) is 0 Å². The molecule has 0 bridgehead atoms. The van der Waals surface area contributed by atoms with Crippen molar-refractivity contribution in [2.75, 3.05) is 29.4 Å². The molecule has 0 saturated carbocycles. The summed E-state index contributed by atoms with van der Waals surface area (Å²) in [5.74, 6) is 2.71. The van der Waals surface area contributed by atoms with Gasteiger partial charge in [0.25, 0.3) is 0 Å². The Morgan fingerprint density at radius 1 is 0.471 bits per heavy atom. The van der Waals surface area contributed by atoms with E-state index >= 15 is 0 Å². The molecule has 0 radical (unpaired) electrons. The molecular weight excluding hydrogens is 631 g/mol. The molecule has 0 amide bonds. The Hall–Kier alpha value is -1.55. The van der Waals surface area contributed by atoms with E-state index in [9.17, 15) is 0 Å². The molecule has 0 unspecified atom stereocenters. The van der Waals surface area contributed by atoms with Gasteiger partial charge in [-0.3, -0.25) is 4.90 Å². The quantitative estimate of drug-likeness (QED) is 0.167. The van der Waals surface area contributed by atoms with Gasteiger partial charge in [-0.1, -0.05) is 33.6 Å². The molecule has 3 saturated heterocycles. The minimum Gasteiger partial charge on any atom is -0.338 e. The molecule has 1 aromatic rings. The summed E-state index contributed by atoms with van der Waals surface area (Å²) in [6, 6.07) is 1.17. The normalized spacial score (nSPS) is 24.5. The summed E-state index contributed by atoms with van der Waals surface area (Å²) >= 11 is 0. The summed E-state index contributed by atoms with van der Waals surface area (Å²) < 4.78 is 0. The first kappa shape index (κ1) is 42.2. The summed E-state index contributed by atoms with van der Waals surface area (Å²) in [5, 5.41) is 11.8. The molecule has 9 heteroatoms. The zero-order chi connectivity index (χ0) is 38.0. The van der Waals surface area contributed by atoms with Crippen LogP contribution < -0.4 is 25.8 Å². The smallest absolute Gasteiger partial charge is 0.230 e. The van der Waals surface area contributed by atoms with Crippen LogP contribution in [0.5, 0.6) is 0 Å². The molecule has 3 aliphatic rings. The Balaban J connectivity index is 1.86. The molecule has 9 nitrogen and oxygen atoms in total. The second-order valence-electron chi connectivity index (χ2n) is 20.8. The number of unbranched alkanes of at least 4 members (excludes halogenated alkanes) is 2. The molecule has 3 fully saturated rings. The Kier molecular flexibility index (Phi) is 13.3. The van der Waals surface area contributed by atoms with Crippen molar-refractivity contribution < 1.29 is 0 Å². The lowest BCUT2D eigenvalue weighted by Crippen LogP contribution is -2.63. The number of nitrogens with zero attached hydrogens (tertiary/aromatic N) is 6. The van der Waals surface area contributed by atoms with Gasteiger partial charge >= 0.3 is 0 Å². The van der Waals surface area contributed by atoms with Gasteiger partial charge in [0.2, 0.25) is 11.9 Å². The molecule has 0 aromatic carbocycles. The lowest BCUT2D eigenvalue weighted by atomic mass is 9.79. The van der Waals surface area contributed by atoms with Crippen molar-refractivity contribution in [3.63, 3.8) is 0 Å². The second kappa shape index (κ2) is 16.0. The average molecular weight is 712 g/mol. The monoisotopic (exact) mass is 712 g/mol. The van der Waals surface area contributed by atoms with Crippen molar-refractivity contribution in [2.45, 2.75) is 232 Å². The van der Waals surface area contributed by atoms with Crippen LogP contribution in [0.2, 0.25) is 0 Å². The molecule has 1 aromatic heterocycles. The molecule has 0 aliphatic carbocycles. The fourth-order valence-electron chi connectivity index (χ4n) is 10.6. The van der Waals surface area contributed by atoms with Crippen LogP contribution in [0.25, 0.3) is 0 Å². The number of nitrogens with one attached hydrogen (secondary N) is 3. The first-order valence-electron chi connectivity index (χ1n) is 20.9. The van der Waals surface area contributed by atoms with E-state index in [1.807, 2.05) is 0 Å². The first-order chi connectivity index (χ1) is 23.5. The zero-order valence-corrected chi connectivity index (χ0v) is 36.0. The highest BCUT2D eigenvalue weighted by Gasteiger charge is 2.44. The topological polar surface area (TPSA) is 84.5 Å². The number of hydrogen-bond donors (Lipinski definition) is 3. The number of aromatic nitrogens is 3. The molecule has 4 rings (SSSR count). The predicted octanol–water partition coefficient (Wildman–Crippen LogP) is 8.22. The molecule has 3 aliphatic heterocycles. The van der Waals surface area contributed by atoms with E-state index in [4.69, 9.17) is 15.0 Å². The van der Waals surface area contributed by atoms with Crippen LogP contribution in [-0.4, -0.2) is 90.8 Å². The van der Waals surface area contributed by atoms with Gasteiger partial charge in [-0.25, -0.2) is 0 Å². The Labute approximate surface area is 314 Å². The number of rotatable bonds is 15. The van der Waals surface area contributed by atoms with Crippen LogP contribution in [0.15, 0.2) is 0 Å². The summed E-state index contributed by atoms with van der Waals surface area (Å²) in [5.41, 5.74) is 0.266. The largest absolute Gasteiger partial charge is 0.338 e. The standard InChI is InChI=1S/C42H81N9/c1-16-19-22-50(32-26-39(8,9)47-40(10,11)27-32)35-43-34(30-49(21-18-3)31-24-37(4,5)46-38(6,7)25-31)44-36(45-35)51(23-20-17-2)33-28-41(12,13)48-42(14,15)29-33/h31-33,46-48H,16-30H2,1-15H3. The van der Waals surface area contributed by atoms with E-state index < -0.39 is 0 Å². The van der Waals surface area contributed by atoms with Crippen molar-refractivity contribution in [3.8, 4) is 0 Å². The van der Waals surface area contributed by atoms with E-state index in [2.05, 4.69) is 135 Å². The minimum absolute atomic E-state index is 0.0293.